The summed E-state index contributed by atoms with van der Waals surface area (Å²) in [4.78, 5) is 22.6. The first-order chi connectivity index (χ1) is 7.04. The van der Waals surface area contributed by atoms with Crippen LogP contribution in [0.2, 0.25) is 0 Å². The first-order valence-electron chi connectivity index (χ1n) is 5.27. The molecule has 5 heteroatoms. The van der Waals surface area contributed by atoms with Gasteiger partial charge in [-0.05, 0) is 25.7 Å². The third-order valence-electron chi connectivity index (χ3n) is 2.54. The molecule has 0 heterocycles. The van der Waals surface area contributed by atoms with Crippen molar-refractivity contribution in [2.45, 2.75) is 38.8 Å². The molecule has 5 nitrogen and oxygen atoms in total. The number of hydrogen-bond acceptors (Lipinski definition) is 4. The lowest BCUT2D eigenvalue weighted by Gasteiger charge is -2.33. The van der Waals surface area contributed by atoms with Crippen LogP contribution in [0.3, 0.4) is 0 Å². The van der Waals surface area contributed by atoms with E-state index in [1.807, 2.05) is 0 Å². The van der Waals surface area contributed by atoms with Gasteiger partial charge in [-0.1, -0.05) is 6.92 Å². The highest BCUT2D eigenvalue weighted by atomic mass is 16.5. The molecule has 0 bridgehead atoms. The van der Waals surface area contributed by atoms with Crippen molar-refractivity contribution in [2.24, 2.45) is 11.7 Å². The summed E-state index contributed by atoms with van der Waals surface area (Å²) in [6.07, 6.45) is 1.92. The highest BCUT2D eigenvalue weighted by molar-refractivity contribution is 6.01. The van der Waals surface area contributed by atoms with Gasteiger partial charge >= 0.3 is 5.97 Å². The van der Waals surface area contributed by atoms with Gasteiger partial charge in [-0.2, -0.15) is 0 Å². The Hall–Kier alpha value is -1.10. The molecule has 15 heavy (non-hydrogen) atoms. The Kier molecular flexibility index (Phi) is 4.08. The van der Waals surface area contributed by atoms with E-state index in [0.29, 0.717) is 5.92 Å². The van der Waals surface area contributed by atoms with E-state index in [1.54, 1.807) is 6.92 Å². The molecule has 1 saturated carbocycles. The highest BCUT2D eigenvalue weighted by Crippen LogP contribution is 2.26. The molecule has 1 rings (SSSR count). The molecule has 0 aromatic carbocycles. The summed E-state index contributed by atoms with van der Waals surface area (Å²) in [5.74, 6) is -0.457. The summed E-state index contributed by atoms with van der Waals surface area (Å²) in [5, 5.41) is 2.72. The second kappa shape index (κ2) is 5.11. The fourth-order valence-corrected chi connectivity index (χ4v) is 1.65. The van der Waals surface area contributed by atoms with Gasteiger partial charge < -0.3 is 15.8 Å². The number of carbonyl (C=O) groups is 2. The SMILES string of the molecule is CCOC(=O)C(N)C(=O)NC1CC(C)C1. The zero-order valence-corrected chi connectivity index (χ0v) is 9.16. The van der Waals surface area contributed by atoms with Gasteiger partial charge in [-0.15, -0.1) is 0 Å². The van der Waals surface area contributed by atoms with Crippen LogP contribution in [0.1, 0.15) is 26.7 Å². The van der Waals surface area contributed by atoms with Crippen molar-refractivity contribution in [2.75, 3.05) is 6.61 Å². The summed E-state index contributed by atoms with van der Waals surface area (Å²) in [6.45, 7) is 4.03. The van der Waals surface area contributed by atoms with Crippen LogP contribution in [0.4, 0.5) is 0 Å². The molecule has 0 radical (unpaired) electrons. The van der Waals surface area contributed by atoms with Gasteiger partial charge in [0, 0.05) is 6.04 Å². The molecule has 1 aliphatic rings. The van der Waals surface area contributed by atoms with Gasteiger partial charge in [0.15, 0.2) is 6.04 Å². The molecule has 1 unspecified atom stereocenters. The Balaban J connectivity index is 2.30. The van der Waals surface area contributed by atoms with Crippen LogP contribution in [0, 0.1) is 5.92 Å². The molecule has 1 aliphatic carbocycles. The van der Waals surface area contributed by atoms with Crippen molar-refractivity contribution in [1.82, 2.24) is 5.32 Å². The minimum atomic E-state index is -1.19. The largest absolute Gasteiger partial charge is 0.464 e. The molecule has 0 aromatic rings. The third-order valence-corrected chi connectivity index (χ3v) is 2.54. The van der Waals surface area contributed by atoms with E-state index in [9.17, 15) is 9.59 Å². The fourth-order valence-electron chi connectivity index (χ4n) is 1.65. The molecule has 3 N–H and O–H groups in total. The van der Waals surface area contributed by atoms with Crippen LogP contribution >= 0.6 is 0 Å². The molecule has 0 spiro atoms. The first-order valence-corrected chi connectivity index (χ1v) is 5.27. The van der Waals surface area contributed by atoms with E-state index >= 15 is 0 Å². The van der Waals surface area contributed by atoms with Gasteiger partial charge in [-0.3, -0.25) is 4.79 Å². The summed E-state index contributed by atoms with van der Waals surface area (Å²) in [5.41, 5.74) is 5.42. The number of nitrogens with two attached hydrogens (primary N) is 1. The molecule has 86 valence electrons. The fraction of sp³-hybridized carbons (Fsp3) is 0.800. The normalized spacial score (nSPS) is 26.3. The number of esters is 1. The highest BCUT2D eigenvalue weighted by Gasteiger charge is 2.30. The van der Waals surface area contributed by atoms with Gasteiger partial charge in [-0.25, -0.2) is 4.79 Å². The monoisotopic (exact) mass is 214 g/mol. The van der Waals surface area contributed by atoms with Crippen LogP contribution < -0.4 is 11.1 Å². The Morgan fingerprint density at radius 3 is 2.60 bits per heavy atom. The number of rotatable bonds is 4. The maximum Gasteiger partial charge on any atom is 0.332 e. The Labute approximate surface area is 89.3 Å². The average Bonchev–Trinajstić information content (AvgIpc) is 2.14. The van der Waals surface area contributed by atoms with Crippen molar-refractivity contribution in [3.05, 3.63) is 0 Å². The minimum absolute atomic E-state index is 0.174. The molecule has 1 atom stereocenters. The first kappa shape index (κ1) is 12.0. The molecular formula is C10H18N2O3. The van der Waals surface area contributed by atoms with Gasteiger partial charge in [0.2, 0.25) is 5.91 Å². The zero-order chi connectivity index (χ0) is 11.4. The predicted molar refractivity (Wildman–Crippen MR) is 54.9 cm³/mol. The van der Waals surface area contributed by atoms with Gasteiger partial charge in [0.1, 0.15) is 0 Å². The summed E-state index contributed by atoms with van der Waals surface area (Å²) in [6, 6.07) is -1.02. The van der Waals surface area contributed by atoms with Crippen molar-refractivity contribution < 1.29 is 14.3 Å². The summed E-state index contributed by atoms with van der Waals surface area (Å²) < 4.78 is 4.65. The Morgan fingerprint density at radius 2 is 2.13 bits per heavy atom. The van der Waals surface area contributed by atoms with E-state index in [-0.39, 0.29) is 12.6 Å². The van der Waals surface area contributed by atoms with E-state index < -0.39 is 17.9 Å². The zero-order valence-electron chi connectivity index (χ0n) is 9.16. The Morgan fingerprint density at radius 1 is 1.53 bits per heavy atom. The van der Waals surface area contributed by atoms with Gasteiger partial charge in [0.05, 0.1) is 6.61 Å². The van der Waals surface area contributed by atoms with E-state index in [1.165, 1.54) is 0 Å². The maximum absolute atomic E-state index is 11.4. The van der Waals surface area contributed by atoms with Crippen LogP contribution in [0.25, 0.3) is 0 Å². The van der Waals surface area contributed by atoms with E-state index in [0.717, 1.165) is 12.8 Å². The van der Waals surface area contributed by atoms with Crippen molar-refractivity contribution >= 4 is 11.9 Å². The number of ether oxygens (including phenoxy) is 1. The lowest BCUT2D eigenvalue weighted by atomic mass is 9.82. The molecule has 0 aliphatic heterocycles. The quantitative estimate of drug-likeness (QED) is 0.501. The predicted octanol–water partition coefficient (Wildman–Crippen LogP) is -0.208. The maximum atomic E-state index is 11.4. The summed E-state index contributed by atoms with van der Waals surface area (Å²) in [7, 11) is 0. The topological polar surface area (TPSA) is 81.4 Å². The van der Waals surface area contributed by atoms with Crippen molar-refractivity contribution in [3.63, 3.8) is 0 Å². The average molecular weight is 214 g/mol. The van der Waals surface area contributed by atoms with E-state index in [2.05, 4.69) is 17.0 Å². The standard InChI is InChI=1S/C10H18N2O3/c1-3-15-10(14)8(11)9(13)12-7-4-6(2)5-7/h6-8H,3-5,11H2,1-2H3,(H,12,13). The minimum Gasteiger partial charge on any atom is -0.464 e. The van der Waals surface area contributed by atoms with Crippen molar-refractivity contribution in [1.29, 1.82) is 0 Å². The van der Waals surface area contributed by atoms with Crippen LogP contribution in [0.15, 0.2) is 0 Å². The number of amides is 1. The molecule has 1 fully saturated rings. The molecule has 1 amide bonds. The molecule has 0 saturated heterocycles. The smallest absolute Gasteiger partial charge is 0.332 e. The van der Waals surface area contributed by atoms with Crippen molar-refractivity contribution in [3.8, 4) is 0 Å². The van der Waals surface area contributed by atoms with Crippen LogP contribution in [-0.4, -0.2) is 30.6 Å². The van der Waals surface area contributed by atoms with Crippen LogP contribution in [0.5, 0.6) is 0 Å². The number of hydrogen-bond donors (Lipinski definition) is 2. The molecule has 0 aromatic heterocycles. The third kappa shape index (κ3) is 3.20. The van der Waals surface area contributed by atoms with E-state index in [4.69, 9.17) is 5.73 Å². The van der Waals surface area contributed by atoms with Gasteiger partial charge in [0.25, 0.3) is 0 Å². The number of carbonyl (C=O) groups excluding carboxylic acids is 2. The summed E-state index contributed by atoms with van der Waals surface area (Å²) >= 11 is 0. The Bertz CT molecular complexity index is 249. The molecular weight excluding hydrogens is 196 g/mol. The lowest BCUT2D eigenvalue weighted by molar-refractivity contribution is -0.148. The second-order valence-electron chi connectivity index (χ2n) is 4.01. The lowest BCUT2D eigenvalue weighted by Crippen LogP contribution is -2.52. The second-order valence-corrected chi connectivity index (χ2v) is 4.01. The number of nitrogens with one attached hydrogen (secondary N) is 1. The van der Waals surface area contributed by atoms with Crippen LogP contribution in [-0.2, 0) is 14.3 Å².